The maximum absolute atomic E-state index is 13.2. The topological polar surface area (TPSA) is 20.3 Å². The highest BCUT2D eigenvalue weighted by atomic mass is 16.1. The Hall–Kier alpha value is -3.75. The van der Waals surface area contributed by atoms with Crippen molar-refractivity contribution in [2.24, 2.45) is 0 Å². The van der Waals surface area contributed by atoms with Crippen LogP contribution in [0.4, 0.5) is 0 Å². The summed E-state index contributed by atoms with van der Waals surface area (Å²) in [6.07, 6.45) is 11.9. The summed E-state index contributed by atoms with van der Waals surface area (Å²) in [5.41, 5.74) is 5.13. The summed E-state index contributed by atoms with van der Waals surface area (Å²) in [6.45, 7) is 2.10. The minimum Gasteiger partial charge on any atom is -0.290 e. The van der Waals surface area contributed by atoms with E-state index in [1.165, 1.54) is 5.56 Å². The molecule has 0 atom stereocenters. The van der Waals surface area contributed by atoms with Crippen molar-refractivity contribution >= 4 is 17.9 Å². The number of benzene rings is 3. The monoisotopic (exact) mass is 417 g/mol. The number of hydrogen-bond donors (Lipinski definition) is 0. The molecule has 3 aromatic carbocycles. The summed E-state index contributed by atoms with van der Waals surface area (Å²) in [6, 6.07) is 30.7. The molecule has 3 aromatic rings. The first-order valence-corrected chi connectivity index (χ1v) is 10.9. The maximum atomic E-state index is 13.2. The maximum Gasteiger partial charge on any atom is 0.187 e. The molecule has 0 unspecified atom stereocenters. The van der Waals surface area contributed by atoms with Crippen LogP contribution in [-0.4, -0.2) is 23.8 Å². The van der Waals surface area contributed by atoms with Crippen LogP contribution in [0.25, 0.3) is 12.2 Å². The van der Waals surface area contributed by atoms with Gasteiger partial charge in [0, 0.05) is 30.8 Å². The summed E-state index contributed by atoms with van der Waals surface area (Å²) in [5.74, 6) is 0.129. The average molecular weight is 418 g/mol. The minimum absolute atomic E-state index is 0.129. The lowest BCUT2D eigenvalue weighted by Crippen LogP contribution is -2.37. The molecule has 1 saturated heterocycles. The van der Waals surface area contributed by atoms with E-state index in [0.717, 1.165) is 28.8 Å². The quantitative estimate of drug-likeness (QED) is 0.436. The van der Waals surface area contributed by atoms with Crippen LogP contribution in [0.5, 0.6) is 0 Å². The highest BCUT2D eigenvalue weighted by Gasteiger charge is 2.25. The summed E-state index contributed by atoms with van der Waals surface area (Å²) in [5, 5.41) is 0. The van der Waals surface area contributed by atoms with E-state index in [-0.39, 0.29) is 5.78 Å². The van der Waals surface area contributed by atoms with Gasteiger partial charge in [0.1, 0.15) is 0 Å². The number of nitrogens with zero attached hydrogens (tertiary/aromatic N) is 1. The molecule has 4 rings (SSSR count). The molecule has 2 heteroatoms. The molecular weight excluding hydrogens is 390 g/mol. The van der Waals surface area contributed by atoms with Gasteiger partial charge in [0.15, 0.2) is 5.78 Å². The van der Waals surface area contributed by atoms with Gasteiger partial charge in [-0.05, 0) is 16.7 Å². The zero-order valence-electron chi connectivity index (χ0n) is 18.1. The van der Waals surface area contributed by atoms with E-state index < -0.39 is 0 Å². The predicted octanol–water partition coefficient (Wildman–Crippen LogP) is 6.35. The Labute approximate surface area is 190 Å². The lowest BCUT2D eigenvalue weighted by molar-refractivity contribution is -0.113. The zero-order valence-corrected chi connectivity index (χ0v) is 18.1. The van der Waals surface area contributed by atoms with Gasteiger partial charge in [-0.3, -0.25) is 9.69 Å². The normalized spacial score (nSPS) is 17.7. The molecule has 0 radical (unpaired) electrons. The van der Waals surface area contributed by atoms with Crippen molar-refractivity contribution in [1.29, 1.82) is 0 Å². The molecule has 32 heavy (non-hydrogen) atoms. The van der Waals surface area contributed by atoms with Crippen molar-refractivity contribution in [2.75, 3.05) is 13.1 Å². The molecule has 0 bridgehead atoms. The van der Waals surface area contributed by atoms with Crippen molar-refractivity contribution in [3.8, 4) is 0 Å². The molecule has 0 saturated carbocycles. The Morgan fingerprint density at radius 1 is 0.625 bits per heavy atom. The van der Waals surface area contributed by atoms with E-state index in [9.17, 15) is 4.79 Å². The van der Waals surface area contributed by atoms with Gasteiger partial charge in [0.25, 0.3) is 0 Å². The number of rotatable bonds is 6. The largest absolute Gasteiger partial charge is 0.290 e. The van der Waals surface area contributed by atoms with Crippen molar-refractivity contribution in [3.63, 3.8) is 0 Å². The Kier molecular flexibility index (Phi) is 7.41. The van der Waals surface area contributed by atoms with Gasteiger partial charge in [0.2, 0.25) is 0 Å². The first-order valence-electron chi connectivity index (χ1n) is 10.9. The third-order valence-electron chi connectivity index (χ3n) is 5.39. The van der Waals surface area contributed by atoms with Gasteiger partial charge in [-0.15, -0.1) is 0 Å². The minimum atomic E-state index is 0.129. The van der Waals surface area contributed by atoms with Crippen molar-refractivity contribution in [2.45, 2.75) is 6.54 Å². The van der Waals surface area contributed by atoms with E-state index in [1.807, 2.05) is 78.9 Å². The number of ketones is 1. The molecule has 158 valence electrons. The van der Waals surface area contributed by atoms with Gasteiger partial charge in [-0.2, -0.15) is 0 Å². The van der Waals surface area contributed by atoms with Crippen LogP contribution < -0.4 is 0 Å². The van der Waals surface area contributed by atoms with Crippen LogP contribution in [0.3, 0.4) is 0 Å². The van der Waals surface area contributed by atoms with Gasteiger partial charge < -0.3 is 0 Å². The van der Waals surface area contributed by atoms with Crippen LogP contribution in [0.2, 0.25) is 0 Å². The fraction of sp³-hybridized carbons (Fsp3) is 0.100. The molecule has 0 N–H and O–H groups in total. The summed E-state index contributed by atoms with van der Waals surface area (Å²) < 4.78 is 0. The third-order valence-corrected chi connectivity index (χ3v) is 5.39. The molecule has 0 amide bonds. The first-order chi connectivity index (χ1) is 15.8. The lowest BCUT2D eigenvalue weighted by Gasteiger charge is -2.29. The first kappa shape index (κ1) is 21.5. The fourth-order valence-corrected chi connectivity index (χ4v) is 3.78. The molecular formula is C30H27NO. The molecule has 2 nitrogen and oxygen atoms in total. The number of Topliss-reactive ketones (excluding diaryl/α,β-unsaturated/α-hetero) is 1. The number of allylic oxidation sites excluding steroid dienone is 4. The van der Waals surface area contributed by atoms with Crippen molar-refractivity contribution in [1.82, 2.24) is 4.90 Å². The van der Waals surface area contributed by atoms with Crippen molar-refractivity contribution in [3.05, 3.63) is 143 Å². The molecule has 0 aromatic heterocycles. The van der Waals surface area contributed by atoms with E-state index in [1.54, 1.807) is 0 Å². The number of piperidine rings is 1. The number of carbonyl (C=O) groups is 1. The third kappa shape index (κ3) is 6.13. The van der Waals surface area contributed by atoms with Gasteiger partial charge in [0.05, 0.1) is 0 Å². The van der Waals surface area contributed by atoms with Crippen LogP contribution in [-0.2, 0) is 11.3 Å². The Morgan fingerprint density at radius 3 is 1.53 bits per heavy atom. The standard InChI is InChI=1S/C30H27NO/c32-30-28(20-10-18-25-12-4-1-5-13-25)23-31(22-27-16-8-3-9-17-27)24-29(30)21-11-19-26-14-6-2-7-15-26/h1-21H,22-24H2/b18-10+,19-11+,28-20+,29-21+. The van der Waals surface area contributed by atoms with Crippen LogP contribution >= 0.6 is 0 Å². The second kappa shape index (κ2) is 11.0. The number of hydrogen-bond acceptors (Lipinski definition) is 2. The van der Waals surface area contributed by atoms with Crippen LogP contribution in [0.15, 0.2) is 126 Å². The number of carbonyl (C=O) groups excluding carboxylic acids is 1. The van der Waals surface area contributed by atoms with Gasteiger partial charge in [-0.1, -0.05) is 127 Å². The predicted molar refractivity (Wildman–Crippen MR) is 134 cm³/mol. The van der Waals surface area contributed by atoms with E-state index in [0.29, 0.717) is 13.1 Å². The van der Waals surface area contributed by atoms with Crippen LogP contribution in [0.1, 0.15) is 16.7 Å². The second-order valence-electron chi connectivity index (χ2n) is 7.88. The highest BCUT2D eigenvalue weighted by Crippen LogP contribution is 2.20. The summed E-state index contributed by atoms with van der Waals surface area (Å²) in [4.78, 5) is 15.5. The molecule has 1 aliphatic rings. The molecule has 1 aliphatic heterocycles. The summed E-state index contributed by atoms with van der Waals surface area (Å²) >= 11 is 0. The fourth-order valence-electron chi connectivity index (χ4n) is 3.78. The zero-order chi connectivity index (χ0) is 22.0. The Bertz CT molecular complexity index is 1070. The Morgan fingerprint density at radius 2 is 1.06 bits per heavy atom. The van der Waals surface area contributed by atoms with E-state index >= 15 is 0 Å². The smallest absolute Gasteiger partial charge is 0.187 e. The van der Waals surface area contributed by atoms with Crippen molar-refractivity contribution < 1.29 is 4.79 Å². The second-order valence-corrected chi connectivity index (χ2v) is 7.88. The van der Waals surface area contributed by atoms with Crippen LogP contribution in [0, 0.1) is 0 Å². The average Bonchev–Trinajstić information content (AvgIpc) is 2.84. The molecule has 0 spiro atoms. The SMILES string of the molecule is O=C1/C(=C/C=C/c2ccccc2)CN(Cc2ccccc2)C/C1=C\C=C\c1ccccc1. The molecule has 1 heterocycles. The van der Waals surface area contributed by atoms with E-state index in [2.05, 4.69) is 53.4 Å². The number of likely N-dealkylation sites (tertiary alicyclic amines) is 1. The summed E-state index contributed by atoms with van der Waals surface area (Å²) in [7, 11) is 0. The highest BCUT2D eigenvalue weighted by molar-refractivity contribution is 6.10. The lowest BCUT2D eigenvalue weighted by atomic mass is 9.96. The molecule has 1 fully saturated rings. The van der Waals surface area contributed by atoms with Gasteiger partial charge in [-0.25, -0.2) is 0 Å². The van der Waals surface area contributed by atoms with Gasteiger partial charge >= 0.3 is 0 Å². The Balaban J connectivity index is 1.56. The molecule has 0 aliphatic carbocycles. The van der Waals surface area contributed by atoms with E-state index in [4.69, 9.17) is 0 Å².